The summed E-state index contributed by atoms with van der Waals surface area (Å²) in [4.78, 5) is 0. The minimum atomic E-state index is 0.568. The molecule has 0 amide bonds. The van der Waals surface area contributed by atoms with Gasteiger partial charge in [-0.15, -0.1) is 0 Å². The van der Waals surface area contributed by atoms with E-state index in [9.17, 15) is 0 Å². The molecule has 2 nitrogen and oxygen atoms in total. The van der Waals surface area contributed by atoms with E-state index >= 15 is 0 Å². The molecular formula is C26H30O2. The third kappa shape index (κ3) is 5.88. The molecule has 3 aromatic rings. The van der Waals surface area contributed by atoms with Gasteiger partial charge in [-0.05, 0) is 48.6 Å². The van der Waals surface area contributed by atoms with Crippen LogP contribution in [0.5, 0.6) is 11.5 Å². The third-order valence-corrected chi connectivity index (χ3v) is 4.92. The highest BCUT2D eigenvalue weighted by molar-refractivity contribution is 5.47. The lowest BCUT2D eigenvalue weighted by molar-refractivity contribution is 0.285. The zero-order valence-corrected chi connectivity index (χ0v) is 17.0. The summed E-state index contributed by atoms with van der Waals surface area (Å²) in [6, 6.07) is 25.0. The fraction of sp³-hybridized carbons (Fsp3) is 0.308. The van der Waals surface area contributed by atoms with Gasteiger partial charge in [0.2, 0.25) is 0 Å². The summed E-state index contributed by atoms with van der Waals surface area (Å²) in [5.74, 6) is 1.84. The van der Waals surface area contributed by atoms with Crippen molar-refractivity contribution in [3.63, 3.8) is 0 Å². The zero-order chi connectivity index (χ0) is 19.6. The predicted molar refractivity (Wildman–Crippen MR) is 116 cm³/mol. The Kier molecular flexibility index (Phi) is 7.54. The molecule has 3 rings (SSSR count). The minimum Gasteiger partial charge on any atom is -0.488 e. The van der Waals surface area contributed by atoms with E-state index in [1.807, 2.05) is 36.4 Å². The smallest absolute Gasteiger partial charge is 0.126 e. The first-order valence-corrected chi connectivity index (χ1v) is 10.2. The van der Waals surface area contributed by atoms with Gasteiger partial charge in [0.25, 0.3) is 0 Å². The molecule has 0 saturated carbocycles. The molecule has 0 aliphatic heterocycles. The van der Waals surface area contributed by atoms with Crippen LogP contribution < -0.4 is 9.47 Å². The molecule has 2 heteroatoms. The second kappa shape index (κ2) is 10.6. The van der Waals surface area contributed by atoms with Gasteiger partial charge in [0.15, 0.2) is 0 Å². The van der Waals surface area contributed by atoms with Gasteiger partial charge < -0.3 is 9.47 Å². The molecule has 0 radical (unpaired) electrons. The monoisotopic (exact) mass is 374 g/mol. The molecule has 0 aliphatic carbocycles. The lowest BCUT2D eigenvalue weighted by atomic mass is 10.0. The molecular weight excluding hydrogens is 344 g/mol. The van der Waals surface area contributed by atoms with Gasteiger partial charge in [-0.25, -0.2) is 0 Å². The zero-order valence-electron chi connectivity index (χ0n) is 17.0. The van der Waals surface area contributed by atoms with E-state index in [1.165, 1.54) is 36.0 Å². The number of hydrogen-bond donors (Lipinski definition) is 0. The molecule has 0 N–H and O–H groups in total. The SMILES string of the molecule is CCCCCc1cc(OCc2ccccc2)c(C)c(OCc2ccccc2)c1. The molecule has 3 aromatic carbocycles. The average Bonchev–Trinajstić information content (AvgIpc) is 2.74. The summed E-state index contributed by atoms with van der Waals surface area (Å²) >= 11 is 0. The van der Waals surface area contributed by atoms with Crippen LogP contribution >= 0.6 is 0 Å². The Morgan fingerprint density at radius 2 is 1.14 bits per heavy atom. The van der Waals surface area contributed by atoms with Gasteiger partial charge in [0.05, 0.1) is 0 Å². The molecule has 0 unspecified atom stereocenters. The first kappa shape index (κ1) is 20.0. The van der Waals surface area contributed by atoms with Crippen molar-refractivity contribution in [2.75, 3.05) is 0 Å². The summed E-state index contributed by atoms with van der Waals surface area (Å²) in [7, 11) is 0. The van der Waals surface area contributed by atoms with Gasteiger partial charge in [-0.3, -0.25) is 0 Å². The number of aryl methyl sites for hydroxylation is 1. The maximum atomic E-state index is 6.18. The molecule has 0 aliphatic rings. The molecule has 0 atom stereocenters. The Labute approximate surface area is 169 Å². The van der Waals surface area contributed by atoms with Crippen LogP contribution in [-0.2, 0) is 19.6 Å². The van der Waals surface area contributed by atoms with E-state index in [4.69, 9.17) is 9.47 Å². The van der Waals surface area contributed by atoms with Gasteiger partial charge in [-0.2, -0.15) is 0 Å². The standard InChI is InChI=1S/C26H30O2/c1-3-4-7-16-24-17-25(27-19-22-12-8-5-9-13-22)21(2)26(18-24)28-20-23-14-10-6-11-15-23/h5-6,8-15,17-18H,3-4,7,16,19-20H2,1-2H3. The van der Waals surface area contributed by atoms with E-state index in [0.29, 0.717) is 13.2 Å². The summed E-state index contributed by atoms with van der Waals surface area (Å²) < 4.78 is 12.4. The molecule has 0 heterocycles. The number of rotatable bonds is 10. The Hall–Kier alpha value is -2.74. The summed E-state index contributed by atoms with van der Waals surface area (Å²) in [6.07, 6.45) is 4.71. The topological polar surface area (TPSA) is 18.5 Å². The maximum absolute atomic E-state index is 6.18. The maximum Gasteiger partial charge on any atom is 0.126 e. The fourth-order valence-corrected chi connectivity index (χ4v) is 3.21. The highest BCUT2D eigenvalue weighted by Gasteiger charge is 2.11. The average molecular weight is 375 g/mol. The van der Waals surface area contributed by atoms with Crippen LogP contribution in [0, 0.1) is 6.92 Å². The normalized spacial score (nSPS) is 10.6. The van der Waals surface area contributed by atoms with E-state index in [2.05, 4.69) is 50.2 Å². The number of ether oxygens (including phenoxy) is 2. The Bertz CT molecular complexity index is 776. The Morgan fingerprint density at radius 3 is 1.61 bits per heavy atom. The van der Waals surface area contributed by atoms with Crippen LogP contribution in [0.15, 0.2) is 72.8 Å². The van der Waals surface area contributed by atoms with E-state index in [-0.39, 0.29) is 0 Å². The fourth-order valence-electron chi connectivity index (χ4n) is 3.21. The van der Waals surface area contributed by atoms with Crippen molar-refractivity contribution in [2.45, 2.75) is 52.7 Å². The lowest BCUT2D eigenvalue weighted by Gasteiger charge is -2.16. The van der Waals surface area contributed by atoms with Crippen molar-refractivity contribution in [2.24, 2.45) is 0 Å². The lowest BCUT2D eigenvalue weighted by Crippen LogP contribution is -2.02. The summed E-state index contributed by atoms with van der Waals surface area (Å²) in [6.45, 7) is 5.45. The number of unbranched alkanes of at least 4 members (excludes halogenated alkanes) is 2. The first-order chi connectivity index (χ1) is 13.8. The second-order valence-corrected chi connectivity index (χ2v) is 7.22. The van der Waals surface area contributed by atoms with Crippen LogP contribution in [0.25, 0.3) is 0 Å². The van der Waals surface area contributed by atoms with Crippen molar-refractivity contribution in [1.82, 2.24) is 0 Å². The second-order valence-electron chi connectivity index (χ2n) is 7.22. The van der Waals surface area contributed by atoms with Crippen LogP contribution in [0.2, 0.25) is 0 Å². The van der Waals surface area contributed by atoms with Gasteiger partial charge in [0.1, 0.15) is 24.7 Å². The highest BCUT2D eigenvalue weighted by Crippen LogP contribution is 2.32. The van der Waals surface area contributed by atoms with Gasteiger partial charge in [0, 0.05) is 5.56 Å². The van der Waals surface area contributed by atoms with Gasteiger partial charge in [-0.1, -0.05) is 80.4 Å². The van der Waals surface area contributed by atoms with Gasteiger partial charge >= 0.3 is 0 Å². The molecule has 0 fully saturated rings. The van der Waals surface area contributed by atoms with E-state index < -0.39 is 0 Å². The summed E-state index contributed by atoms with van der Waals surface area (Å²) in [5, 5.41) is 0. The van der Waals surface area contributed by atoms with Crippen molar-refractivity contribution in [3.8, 4) is 11.5 Å². The molecule has 28 heavy (non-hydrogen) atoms. The number of hydrogen-bond acceptors (Lipinski definition) is 2. The van der Waals surface area contributed by atoms with Crippen LogP contribution in [0.3, 0.4) is 0 Å². The Morgan fingerprint density at radius 1 is 0.643 bits per heavy atom. The van der Waals surface area contributed by atoms with E-state index in [1.54, 1.807) is 0 Å². The quantitative estimate of drug-likeness (QED) is 0.360. The van der Waals surface area contributed by atoms with Crippen molar-refractivity contribution in [1.29, 1.82) is 0 Å². The predicted octanol–water partition coefficient (Wildman–Crippen LogP) is 6.89. The number of benzene rings is 3. The highest BCUT2D eigenvalue weighted by atomic mass is 16.5. The molecule has 0 aromatic heterocycles. The van der Waals surface area contributed by atoms with Crippen LogP contribution in [0.4, 0.5) is 0 Å². The molecule has 0 spiro atoms. The first-order valence-electron chi connectivity index (χ1n) is 10.2. The van der Waals surface area contributed by atoms with Crippen molar-refractivity contribution in [3.05, 3.63) is 95.1 Å². The molecule has 146 valence electrons. The van der Waals surface area contributed by atoms with E-state index in [0.717, 1.165) is 23.5 Å². The summed E-state index contributed by atoms with van der Waals surface area (Å²) in [5.41, 5.74) is 4.69. The minimum absolute atomic E-state index is 0.568. The van der Waals surface area contributed by atoms with Crippen LogP contribution in [0.1, 0.15) is 48.4 Å². The molecule has 0 saturated heterocycles. The third-order valence-electron chi connectivity index (χ3n) is 4.92. The largest absolute Gasteiger partial charge is 0.488 e. The van der Waals surface area contributed by atoms with Crippen molar-refractivity contribution >= 4 is 0 Å². The van der Waals surface area contributed by atoms with Crippen molar-refractivity contribution < 1.29 is 9.47 Å². The van der Waals surface area contributed by atoms with Crippen LogP contribution in [-0.4, -0.2) is 0 Å². The molecule has 0 bridgehead atoms. The Balaban J connectivity index is 1.76.